The van der Waals surface area contributed by atoms with Crippen LogP contribution in [0.5, 0.6) is 0 Å². The van der Waals surface area contributed by atoms with E-state index in [0.29, 0.717) is 6.54 Å². The molecule has 1 aromatic rings. The van der Waals surface area contributed by atoms with E-state index in [4.69, 9.17) is 5.73 Å². The fourth-order valence-corrected chi connectivity index (χ4v) is 1.51. The second-order valence-corrected chi connectivity index (χ2v) is 3.60. The Bertz CT molecular complexity index is 273. The highest BCUT2D eigenvalue weighted by Gasteiger charge is 1.99. The van der Waals surface area contributed by atoms with Crippen molar-refractivity contribution in [1.82, 2.24) is 9.88 Å². The highest BCUT2D eigenvalue weighted by molar-refractivity contribution is 5.16. The number of hydrogen-bond acceptors (Lipinski definition) is 3. The Balaban J connectivity index is 2.57. The Hall–Kier alpha value is -0.930. The van der Waals surface area contributed by atoms with Crippen LogP contribution in [0.2, 0.25) is 0 Å². The van der Waals surface area contributed by atoms with Crippen LogP contribution in [0.4, 0.5) is 0 Å². The molecule has 0 amide bonds. The van der Waals surface area contributed by atoms with Crippen LogP contribution in [0.1, 0.15) is 24.6 Å². The largest absolute Gasteiger partial charge is 0.325 e. The van der Waals surface area contributed by atoms with Gasteiger partial charge in [0.2, 0.25) is 0 Å². The molecular weight excluding hydrogens is 174 g/mol. The molecule has 0 bridgehead atoms. The Morgan fingerprint density at radius 1 is 1.50 bits per heavy atom. The van der Waals surface area contributed by atoms with Gasteiger partial charge in [0.15, 0.2) is 0 Å². The second kappa shape index (κ2) is 5.73. The molecule has 1 rings (SSSR count). The first-order chi connectivity index (χ1) is 6.76. The molecule has 2 N–H and O–H groups in total. The molecule has 0 aliphatic carbocycles. The lowest BCUT2D eigenvalue weighted by Gasteiger charge is -2.15. The van der Waals surface area contributed by atoms with Gasteiger partial charge in [0, 0.05) is 19.3 Å². The van der Waals surface area contributed by atoms with Gasteiger partial charge in [-0.3, -0.25) is 4.98 Å². The first-order valence-corrected chi connectivity index (χ1v) is 5.08. The van der Waals surface area contributed by atoms with Gasteiger partial charge >= 0.3 is 0 Å². The molecule has 3 heteroatoms. The van der Waals surface area contributed by atoms with Crippen LogP contribution < -0.4 is 5.73 Å². The SMILES string of the molecule is CCCN(C)Cc1ccnc(CN)c1. The standard InChI is InChI=1S/C11H19N3/c1-3-6-14(2)9-10-4-5-13-11(7-10)8-12/h4-5,7H,3,6,8-9,12H2,1-2H3. The number of nitrogens with two attached hydrogens (primary N) is 1. The molecule has 0 radical (unpaired) electrons. The van der Waals surface area contributed by atoms with Crippen molar-refractivity contribution in [3.05, 3.63) is 29.6 Å². The van der Waals surface area contributed by atoms with E-state index in [-0.39, 0.29) is 0 Å². The molecule has 3 nitrogen and oxygen atoms in total. The van der Waals surface area contributed by atoms with Crippen molar-refractivity contribution in [3.8, 4) is 0 Å². The zero-order chi connectivity index (χ0) is 10.4. The molecule has 0 saturated heterocycles. The lowest BCUT2D eigenvalue weighted by Crippen LogP contribution is -2.18. The van der Waals surface area contributed by atoms with E-state index in [2.05, 4.69) is 29.9 Å². The van der Waals surface area contributed by atoms with E-state index in [1.165, 1.54) is 12.0 Å². The van der Waals surface area contributed by atoms with Crippen LogP contribution in [-0.4, -0.2) is 23.5 Å². The molecule has 0 spiro atoms. The van der Waals surface area contributed by atoms with Gasteiger partial charge < -0.3 is 10.6 Å². The molecule has 0 aliphatic heterocycles. The summed E-state index contributed by atoms with van der Waals surface area (Å²) in [4.78, 5) is 6.47. The maximum Gasteiger partial charge on any atom is 0.0542 e. The lowest BCUT2D eigenvalue weighted by atomic mass is 10.2. The minimum absolute atomic E-state index is 0.519. The number of pyridine rings is 1. The molecule has 0 unspecified atom stereocenters. The van der Waals surface area contributed by atoms with Crippen molar-refractivity contribution in [2.24, 2.45) is 5.73 Å². The highest BCUT2D eigenvalue weighted by Crippen LogP contribution is 2.04. The summed E-state index contributed by atoms with van der Waals surface area (Å²) in [7, 11) is 2.13. The van der Waals surface area contributed by atoms with Crippen molar-refractivity contribution >= 4 is 0 Å². The molecule has 78 valence electrons. The van der Waals surface area contributed by atoms with E-state index >= 15 is 0 Å². The second-order valence-electron chi connectivity index (χ2n) is 3.60. The minimum atomic E-state index is 0.519. The maximum atomic E-state index is 5.53. The van der Waals surface area contributed by atoms with Crippen LogP contribution in [0.15, 0.2) is 18.3 Å². The molecule has 1 aromatic heterocycles. The average Bonchev–Trinajstić information content (AvgIpc) is 2.18. The number of hydrogen-bond donors (Lipinski definition) is 1. The third kappa shape index (κ3) is 3.44. The Morgan fingerprint density at radius 2 is 2.29 bits per heavy atom. The van der Waals surface area contributed by atoms with E-state index in [1.54, 1.807) is 0 Å². The molecule has 0 fully saturated rings. The van der Waals surface area contributed by atoms with E-state index in [0.717, 1.165) is 18.8 Å². The Kier molecular flexibility index (Phi) is 4.56. The first kappa shape index (κ1) is 11.1. The Labute approximate surface area is 85.9 Å². The van der Waals surface area contributed by atoms with Gasteiger partial charge in [0.25, 0.3) is 0 Å². The molecule has 0 saturated carbocycles. The summed E-state index contributed by atoms with van der Waals surface area (Å²) in [6.45, 7) is 4.81. The van der Waals surface area contributed by atoms with Gasteiger partial charge in [-0.1, -0.05) is 6.92 Å². The van der Waals surface area contributed by atoms with Gasteiger partial charge in [0.05, 0.1) is 5.69 Å². The number of rotatable bonds is 5. The third-order valence-electron chi connectivity index (χ3n) is 2.15. The summed E-state index contributed by atoms with van der Waals surface area (Å²) in [5.41, 5.74) is 7.79. The van der Waals surface area contributed by atoms with E-state index < -0.39 is 0 Å². The van der Waals surface area contributed by atoms with Crippen molar-refractivity contribution in [2.45, 2.75) is 26.4 Å². The smallest absolute Gasteiger partial charge is 0.0542 e. The summed E-state index contributed by atoms with van der Waals surface area (Å²) in [5, 5.41) is 0. The normalized spacial score (nSPS) is 10.9. The average molecular weight is 193 g/mol. The lowest BCUT2D eigenvalue weighted by molar-refractivity contribution is 0.327. The fourth-order valence-electron chi connectivity index (χ4n) is 1.51. The van der Waals surface area contributed by atoms with E-state index in [9.17, 15) is 0 Å². The predicted molar refractivity (Wildman–Crippen MR) is 58.8 cm³/mol. The summed E-state index contributed by atoms with van der Waals surface area (Å²) >= 11 is 0. The maximum absolute atomic E-state index is 5.53. The van der Waals surface area contributed by atoms with Crippen LogP contribution in [-0.2, 0) is 13.1 Å². The predicted octanol–water partition coefficient (Wildman–Crippen LogP) is 1.38. The molecule has 1 heterocycles. The van der Waals surface area contributed by atoms with Gasteiger partial charge in [-0.15, -0.1) is 0 Å². The van der Waals surface area contributed by atoms with E-state index in [1.807, 2.05) is 12.3 Å². The van der Waals surface area contributed by atoms with Crippen molar-refractivity contribution in [1.29, 1.82) is 0 Å². The fraction of sp³-hybridized carbons (Fsp3) is 0.545. The molecule has 14 heavy (non-hydrogen) atoms. The number of aromatic nitrogens is 1. The molecule has 0 aliphatic rings. The highest BCUT2D eigenvalue weighted by atomic mass is 15.1. The van der Waals surface area contributed by atoms with Crippen LogP contribution >= 0.6 is 0 Å². The molecular formula is C11H19N3. The summed E-state index contributed by atoms with van der Waals surface area (Å²) in [6.07, 6.45) is 3.02. The minimum Gasteiger partial charge on any atom is -0.325 e. The third-order valence-corrected chi connectivity index (χ3v) is 2.15. The Morgan fingerprint density at radius 3 is 2.93 bits per heavy atom. The summed E-state index contributed by atoms with van der Waals surface area (Å²) in [5.74, 6) is 0. The zero-order valence-electron chi connectivity index (χ0n) is 9.03. The summed E-state index contributed by atoms with van der Waals surface area (Å²) in [6, 6.07) is 4.12. The quantitative estimate of drug-likeness (QED) is 0.768. The van der Waals surface area contributed by atoms with Gasteiger partial charge in [-0.2, -0.15) is 0 Å². The van der Waals surface area contributed by atoms with Crippen LogP contribution in [0.25, 0.3) is 0 Å². The monoisotopic (exact) mass is 193 g/mol. The molecule has 0 atom stereocenters. The molecule has 0 aromatic carbocycles. The van der Waals surface area contributed by atoms with Gasteiger partial charge in [-0.05, 0) is 37.7 Å². The van der Waals surface area contributed by atoms with Gasteiger partial charge in [-0.25, -0.2) is 0 Å². The topological polar surface area (TPSA) is 42.2 Å². The zero-order valence-corrected chi connectivity index (χ0v) is 9.03. The van der Waals surface area contributed by atoms with Gasteiger partial charge in [0.1, 0.15) is 0 Å². The van der Waals surface area contributed by atoms with Crippen molar-refractivity contribution in [3.63, 3.8) is 0 Å². The van der Waals surface area contributed by atoms with Crippen molar-refractivity contribution in [2.75, 3.05) is 13.6 Å². The van der Waals surface area contributed by atoms with Crippen LogP contribution in [0.3, 0.4) is 0 Å². The first-order valence-electron chi connectivity index (χ1n) is 5.08. The van der Waals surface area contributed by atoms with Crippen molar-refractivity contribution < 1.29 is 0 Å². The van der Waals surface area contributed by atoms with Crippen LogP contribution in [0, 0.1) is 0 Å². The number of nitrogens with zero attached hydrogens (tertiary/aromatic N) is 2. The summed E-state index contributed by atoms with van der Waals surface area (Å²) < 4.78 is 0.